The van der Waals surface area contributed by atoms with Gasteiger partial charge in [0.2, 0.25) is 0 Å². The van der Waals surface area contributed by atoms with E-state index in [1.807, 2.05) is 30.3 Å². The summed E-state index contributed by atoms with van der Waals surface area (Å²) in [6, 6.07) is 9.53. The highest BCUT2D eigenvalue weighted by Gasteiger charge is 2.33. The fourth-order valence-electron chi connectivity index (χ4n) is 2.87. The van der Waals surface area contributed by atoms with Crippen LogP contribution in [-0.2, 0) is 16.8 Å². The minimum absolute atomic E-state index is 0.0841. The highest BCUT2D eigenvalue weighted by Crippen LogP contribution is 2.20. The van der Waals surface area contributed by atoms with Gasteiger partial charge in [0.25, 0.3) is 10.2 Å². The lowest BCUT2D eigenvalue weighted by Crippen LogP contribution is -2.48. The first-order valence-corrected chi connectivity index (χ1v) is 9.70. The molecule has 6 heteroatoms. The second kappa shape index (κ2) is 7.75. The Morgan fingerprint density at radius 1 is 1.09 bits per heavy atom. The quantitative estimate of drug-likeness (QED) is 0.865. The molecule has 0 unspecified atom stereocenters. The van der Waals surface area contributed by atoms with Gasteiger partial charge in [0.15, 0.2) is 0 Å². The smallest absolute Gasteiger partial charge is 0.282 e. The summed E-state index contributed by atoms with van der Waals surface area (Å²) in [4.78, 5) is 0. The molecule has 0 radical (unpaired) electrons. The molecule has 2 rings (SSSR count). The summed E-state index contributed by atoms with van der Waals surface area (Å²) >= 11 is 0. The van der Waals surface area contributed by atoms with Crippen LogP contribution in [0.25, 0.3) is 0 Å². The van der Waals surface area contributed by atoms with Crippen molar-refractivity contribution in [3.05, 3.63) is 35.9 Å². The number of aliphatic hydroxyl groups is 1. The molecule has 130 valence electrons. The van der Waals surface area contributed by atoms with E-state index in [1.54, 1.807) is 18.2 Å². The molecule has 0 amide bonds. The van der Waals surface area contributed by atoms with Crippen molar-refractivity contribution in [2.45, 2.75) is 51.7 Å². The summed E-state index contributed by atoms with van der Waals surface area (Å²) < 4.78 is 29.1. The molecule has 0 bridgehead atoms. The van der Waals surface area contributed by atoms with Gasteiger partial charge in [-0.05, 0) is 32.3 Å². The van der Waals surface area contributed by atoms with Crippen molar-refractivity contribution in [3.8, 4) is 0 Å². The molecule has 1 N–H and O–H groups in total. The average Bonchev–Trinajstić information content (AvgIpc) is 2.76. The molecule has 1 aliphatic rings. The summed E-state index contributed by atoms with van der Waals surface area (Å²) in [5.41, 5.74) is -0.150. The zero-order chi connectivity index (χ0) is 16.9. The van der Waals surface area contributed by atoms with Crippen molar-refractivity contribution >= 4 is 10.2 Å². The van der Waals surface area contributed by atoms with E-state index in [0.717, 1.165) is 31.2 Å². The van der Waals surface area contributed by atoms with E-state index in [-0.39, 0.29) is 13.1 Å². The predicted molar refractivity (Wildman–Crippen MR) is 92.1 cm³/mol. The van der Waals surface area contributed by atoms with Crippen LogP contribution in [0.3, 0.4) is 0 Å². The van der Waals surface area contributed by atoms with Crippen LogP contribution < -0.4 is 0 Å². The average molecular weight is 340 g/mol. The van der Waals surface area contributed by atoms with Crippen molar-refractivity contribution < 1.29 is 13.5 Å². The van der Waals surface area contributed by atoms with Crippen LogP contribution in [0.15, 0.2) is 30.3 Å². The maximum Gasteiger partial charge on any atom is 0.282 e. The van der Waals surface area contributed by atoms with Crippen LogP contribution in [-0.4, -0.2) is 47.4 Å². The standard InChI is InChI=1S/C17H28N2O3S/c1-17(2,20)15-19(14-16-10-6-5-7-11-16)23(21,22)18-12-8-3-4-9-13-18/h5-7,10-11,20H,3-4,8-9,12-15H2,1-2H3. The van der Waals surface area contributed by atoms with Crippen LogP contribution in [0, 0.1) is 0 Å². The Hall–Kier alpha value is -0.950. The van der Waals surface area contributed by atoms with Gasteiger partial charge in [-0.2, -0.15) is 17.0 Å². The van der Waals surface area contributed by atoms with Crippen molar-refractivity contribution in [2.75, 3.05) is 19.6 Å². The molecule has 0 atom stereocenters. The molecule has 0 spiro atoms. The molecule has 1 aliphatic heterocycles. The van der Waals surface area contributed by atoms with Crippen molar-refractivity contribution in [2.24, 2.45) is 0 Å². The first-order chi connectivity index (χ1) is 10.8. The second-order valence-electron chi connectivity index (χ2n) is 6.89. The van der Waals surface area contributed by atoms with Crippen LogP contribution >= 0.6 is 0 Å². The van der Waals surface area contributed by atoms with Gasteiger partial charge in [-0.25, -0.2) is 0 Å². The molecule has 1 fully saturated rings. The molecule has 0 saturated carbocycles. The normalized spacial score (nSPS) is 18.1. The van der Waals surface area contributed by atoms with Crippen molar-refractivity contribution in [3.63, 3.8) is 0 Å². The molecule has 1 aromatic rings. The first-order valence-electron chi connectivity index (χ1n) is 8.30. The van der Waals surface area contributed by atoms with Crippen LogP contribution in [0.1, 0.15) is 45.1 Å². The Balaban J connectivity index is 2.23. The minimum Gasteiger partial charge on any atom is -0.389 e. The topological polar surface area (TPSA) is 60.9 Å². The highest BCUT2D eigenvalue weighted by atomic mass is 32.2. The monoisotopic (exact) mass is 340 g/mol. The van der Waals surface area contributed by atoms with Gasteiger partial charge in [0.1, 0.15) is 0 Å². The van der Waals surface area contributed by atoms with Crippen LogP contribution in [0.2, 0.25) is 0 Å². The number of benzene rings is 1. The fourth-order valence-corrected chi connectivity index (χ4v) is 4.71. The van der Waals surface area contributed by atoms with E-state index >= 15 is 0 Å². The Labute approximate surface area is 140 Å². The van der Waals surface area contributed by atoms with E-state index in [0.29, 0.717) is 13.1 Å². The van der Waals surface area contributed by atoms with Gasteiger partial charge in [0.05, 0.1) is 5.60 Å². The van der Waals surface area contributed by atoms with Gasteiger partial charge < -0.3 is 5.11 Å². The molecule has 0 aromatic heterocycles. The van der Waals surface area contributed by atoms with E-state index in [9.17, 15) is 13.5 Å². The summed E-state index contributed by atoms with van der Waals surface area (Å²) in [5, 5.41) is 10.2. The molecule has 5 nitrogen and oxygen atoms in total. The highest BCUT2D eigenvalue weighted by molar-refractivity contribution is 7.86. The largest absolute Gasteiger partial charge is 0.389 e. The summed E-state index contributed by atoms with van der Waals surface area (Å²) in [5.74, 6) is 0. The maximum absolute atomic E-state index is 13.1. The Morgan fingerprint density at radius 2 is 1.65 bits per heavy atom. The zero-order valence-corrected chi connectivity index (χ0v) is 14.9. The lowest BCUT2D eigenvalue weighted by molar-refractivity contribution is 0.0559. The number of nitrogens with zero attached hydrogens (tertiary/aromatic N) is 2. The predicted octanol–water partition coefficient (Wildman–Crippen LogP) is 2.38. The van der Waals surface area contributed by atoms with Crippen LogP contribution in [0.4, 0.5) is 0 Å². The van der Waals surface area contributed by atoms with E-state index < -0.39 is 15.8 Å². The van der Waals surface area contributed by atoms with Gasteiger partial charge in [0, 0.05) is 26.2 Å². The molecule has 1 aromatic carbocycles. The van der Waals surface area contributed by atoms with E-state index in [2.05, 4.69) is 0 Å². The SMILES string of the molecule is CC(C)(O)CN(Cc1ccccc1)S(=O)(=O)N1CCCCCC1. The molecule has 0 aliphatic carbocycles. The Morgan fingerprint density at radius 3 is 2.17 bits per heavy atom. The molecule has 1 saturated heterocycles. The van der Waals surface area contributed by atoms with Gasteiger partial charge in [-0.15, -0.1) is 0 Å². The molecular weight excluding hydrogens is 312 g/mol. The molecule has 23 heavy (non-hydrogen) atoms. The van der Waals surface area contributed by atoms with Crippen molar-refractivity contribution in [1.82, 2.24) is 8.61 Å². The van der Waals surface area contributed by atoms with Gasteiger partial charge in [-0.1, -0.05) is 43.2 Å². The van der Waals surface area contributed by atoms with E-state index in [4.69, 9.17) is 0 Å². The minimum atomic E-state index is -3.57. The maximum atomic E-state index is 13.1. The number of rotatable bonds is 6. The summed E-state index contributed by atoms with van der Waals surface area (Å²) in [6.07, 6.45) is 3.97. The van der Waals surface area contributed by atoms with Crippen LogP contribution in [0.5, 0.6) is 0 Å². The summed E-state index contributed by atoms with van der Waals surface area (Å²) in [7, 11) is -3.57. The van der Waals surface area contributed by atoms with Crippen molar-refractivity contribution in [1.29, 1.82) is 0 Å². The third kappa shape index (κ3) is 5.57. The third-order valence-electron chi connectivity index (χ3n) is 3.98. The lowest BCUT2D eigenvalue weighted by atomic mass is 10.1. The lowest BCUT2D eigenvalue weighted by Gasteiger charge is -2.33. The summed E-state index contributed by atoms with van der Waals surface area (Å²) in [6.45, 7) is 4.79. The molecule has 1 heterocycles. The number of hydrogen-bond donors (Lipinski definition) is 1. The Kier molecular flexibility index (Phi) is 6.19. The first kappa shape index (κ1) is 18.4. The Bertz CT molecular complexity index is 574. The number of hydrogen-bond acceptors (Lipinski definition) is 3. The molecular formula is C17H28N2O3S. The second-order valence-corrected chi connectivity index (χ2v) is 8.82. The fraction of sp³-hybridized carbons (Fsp3) is 0.647. The van der Waals surface area contributed by atoms with Gasteiger partial charge >= 0.3 is 0 Å². The van der Waals surface area contributed by atoms with E-state index in [1.165, 1.54) is 4.31 Å². The zero-order valence-electron chi connectivity index (χ0n) is 14.1. The third-order valence-corrected chi connectivity index (χ3v) is 5.91. The van der Waals surface area contributed by atoms with Gasteiger partial charge in [-0.3, -0.25) is 0 Å².